The van der Waals surface area contributed by atoms with E-state index in [0.717, 1.165) is 16.8 Å². The third kappa shape index (κ3) is 2.05. The third-order valence-corrected chi connectivity index (χ3v) is 3.40. The molecule has 2 aromatic heterocycles. The molecule has 0 aliphatic heterocycles. The predicted molar refractivity (Wildman–Crippen MR) is 81.1 cm³/mol. The molecular weight excluding hydrogens is 268 g/mol. The van der Waals surface area contributed by atoms with Gasteiger partial charge >= 0.3 is 0 Å². The summed E-state index contributed by atoms with van der Waals surface area (Å²) in [4.78, 5) is 8.79. The average Bonchev–Trinajstić information content (AvgIpc) is 2.84. The van der Waals surface area contributed by atoms with Gasteiger partial charge < -0.3 is 15.2 Å². The van der Waals surface area contributed by atoms with Crippen molar-refractivity contribution in [3.8, 4) is 17.2 Å². The van der Waals surface area contributed by atoms with E-state index in [1.54, 1.807) is 31.0 Å². The Morgan fingerprint density at radius 1 is 1.14 bits per heavy atom. The molecule has 6 heteroatoms. The van der Waals surface area contributed by atoms with Crippen molar-refractivity contribution in [3.05, 3.63) is 36.0 Å². The van der Waals surface area contributed by atoms with Gasteiger partial charge in [0.15, 0.2) is 5.65 Å². The number of hydrogen-bond donors (Lipinski definition) is 1. The molecule has 0 bridgehead atoms. The molecule has 0 fully saturated rings. The van der Waals surface area contributed by atoms with E-state index in [1.807, 2.05) is 25.1 Å². The lowest BCUT2D eigenvalue weighted by atomic mass is 10.2. The number of benzene rings is 1. The summed E-state index contributed by atoms with van der Waals surface area (Å²) < 4.78 is 12.4. The molecule has 0 atom stereocenters. The molecular formula is C15H16N4O2. The van der Waals surface area contributed by atoms with Gasteiger partial charge in [-0.1, -0.05) is 0 Å². The number of methoxy groups -OCH3 is 2. The van der Waals surface area contributed by atoms with Crippen LogP contribution in [0.1, 0.15) is 5.56 Å². The zero-order valence-corrected chi connectivity index (χ0v) is 12.1. The van der Waals surface area contributed by atoms with E-state index >= 15 is 0 Å². The number of pyridine rings is 1. The van der Waals surface area contributed by atoms with Crippen molar-refractivity contribution >= 4 is 17.1 Å². The minimum Gasteiger partial charge on any atom is -0.497 e. The fraction of sp³-hybridized carbons (Fsp3) is 0.200. The van der Waals surface area contributed by atoms with Gasteiger partial charge in [0.1, 0.15) is 17.0 Å². The normalized spacial score (nSPS) is 10.8. The summed E-state index contributed by atoms with van der Waals surface area (Å²) in [6.07, 6.45) is 1.74. The summed E-state index contributed by atoms with van der Waals surface area (Å²) in [5, 5.41) is 0. The van der Waals surface area contributed by atoms with Crippen LogP contribution in [0.2, 0.25) is 0 Å². The van der Waals surface area contributed by atoms with Gasteiger partial charge in [0, 0.05) is 12.3 Å². The smallest absolute Gasteiger partial charge is 0.207 e. The summed E-state index contributed by atoms with van der Waals surface area (Å²) in [5.41, 5.74) is 9.36. The Balaban J connectivity index is 2.30. The molecule has 0 radical (unpaired) electrons. The van der Waals surface area contributed by atoms with Crippen molar-refractivity contribution in [1.82, 2.24) is 14.5 Å². The average molecular weight is 284 g/mol. The lowest BCUT2D eigenvalue weighted by Crippen LogP contribution is -2.03. The highest BCUT2D eigenvalue weighted by Gasteiger charge is 2.16. The number of nitrogens with two attached hydrogens (primary N) is 1. The van der Waals surface area contributed by atoms with Crippen LogP contribution >= 0.6 is 0 Å². The van der Waals surface area contributed by atoms with Gasteiger partial charge in [-0.15, -0.1) is 0 Å². The summed E-state index contributed by atoms with van der Waals surface area (Å²) in [6.45, 7) is 1.98. The highest BCUT2D eigenvalue weighted by atomic mass is 16.5. The molecule has 6 nitrogen and oxygen atoms in total. The Morgan fingerprint density at radius 2 is 1.95 bits per heavy atom. The number of aryl methyl sites for hydroxylation is 1. The lowest BCUT2D eigenvalue weighted by Gasteiger charge is -2.12. The number of nitrogens with zero attached hydrogens (tertiary/aromatic N) is 3. The number of aromatic nitrogens is 3. The van der Waals surface area contributed by atoms with Crippen LogP contribution in [0.25, 0.3) is 16.9 Å². The Kier molecular flexibility index (Phi) is 3.13. The van der Waals surface area contributed by atoms with Crippen LogP contribution in [0, 0.1) is 6.92 Å². The first kappa shape index (κ1) is 13.2. The summed E-state index contributed by atoms with van der Waals surface area (Å²) in [6, 6.07) is 7.43. The van der Waals surface area contributed by atoms with Crippen molar-refractivity contribution < 1.29 is 9.47 Å². The Morgan fingerprint density at radius 3 is 2.67 bits per heavy atom. The Labute approximate surface area is 122 Å². The second-order valence-electron chi connectivity index (χ2n) is 4.64. The second kappa shape index (κ2) is 4.97. The molecule has 3 rings (SSSR count). The summed E-state index contributed by atoms with van der Waals surface area (Å²) >= 11 is 0. The molecule has 2 N–H and O–H groups in total. The van der Waals surface area contributed by atoms with E-state index in [0.29, 0.717) is 23.1 Å². The monoisotopic (exact) mass is 284 g/mol. The van der Waals surface area contributed by atoms with E-state index in [2.05, 4.69) is 9.97 Å². The number of imidazole rings is 1. The van der Waals surface area contributed by atoms with Crippen molar-refractivity contribution in [2.45, 2.75) is 6.92 Å². The van der Waals surface area contributed by atoms with Crippen LogP contribution < -0.4 is 15.2 Å². The Bertz CT molecular complexity index is 811. The predicted octanol–water partition coefficient (Wildman–Crippen LogP) is 2.33. The minimum atomic E-state index is 0.371. The molecule has 21 heavy (non-hydrogen) atoms. The van der Waals surface area contributed by atoms with Gasteiger partial charge in [0.2, 0.25) is 5.95 Å². The number of rotatable bonds is 3. The molecule has 0 aliphatic rings. The van der Waals surface area contributed by atoms with E-state index in [1.165, 1.54) is 0 Å². The fourth-order valence-electron chi connectivity index (χ4n) is 2.32. The van der Waals surface area contributed by atoms with Crippen LogP contribution in [0.3, 0.4) is 0 Å². The first-order valence-electron chi connectivity index (χ1n) is 6.47. The summed E-state index contributed by atoms with van der Waals surface area (Å²) in [5.74, 6) is 1.72. The van der Waals surface area contributed by atoms with Gasteiger partial charge in [0.25, 0.3) is 0 Å². The maximum atomic E-state index is 6.07. The van der Waals surface area contributed by atoms with Crippen molar-refractivity contribution in [2.75, 3.05) is 20.0 Å². The van der Waals surface area contributed by atoms with E-state index in [9.17, 15) is 0 Å². The van der Waals surface area contributed by atoms with E-state index in [-0.39, 0.29) is 0 Å². The van der Waals surface area contributed by atoms with Crippen molar-refractivity contribution in [2.24, 2.45) is 0 Å². The fourth-order valence-corrected chi connectivity index (χ4v) is 2.32. The number of nitrogen functional groups attached to an aromatic ring is 1. The maximum Gasteiger partial charge on any atom is 0.207 e. The molecule has 0 saturated carbocycles. The Hall–Kier alpha value is -2.76. The zero-order valence-electron chi connectivity index (χ0n) is 12.1. The molecule has 2 heterocycles. The SMILES string of the molecule is COc1ccc(-n2c(N)nc3c(C)ccnc32)c(OC)c1. The van der Waals surface area contributed by atoms with Gasteiger partial charge in [-0.25, -0.2) is 9.97 Å². The largest absolute Gasteiger partial charge is 0.497 e. The molecule has 3 aromatic rings. The van der Waals surface area contributed by atoms with E-state index in [4.69, 9.17) is 15.2 Å². The molecule has 0 amide bonds. The first-order chi connectivity index (χ1) is 10.2. The molecule has 0 saturated heterocycles. The van der Waals surface area contributed by atoms with Gasteiger partial charge in [-0.05, 0) is 30.7 Å². The van der Waals surface area contributed by atoms with Crippen molar-refractivity contribution in [3.63, 3.8) is 0 Å². The minimum absolute atomic E-state index is 0.371. The topological polar surface area (TPSA) is 75.2 Å². The van der Waals surface area contributed by atoms with Crippen molar-refractivity contribution in [1.29, 1.82) is 0 Å². The molecule has 108 valence electrons. The summed E-state index contributed by atoms with van der Waals surface area (Å²) in [7, 11) is 3.21. The maximum absolute atomic E-state index is 6.07. The highest BCUT2D eigenvalue weighted by Crippen LogP contribution is 2.32. The van der Waals surface area contributed by atoms with Gasteiger partial charge in [-0.2, -0.15) is 0 Å². The van der Waals surface area contributed by atoms with Crippen LogP contribution in [-0.4, -0.2) is 28.8 Å². The van der Waals surface area contributed by atoms with Gasteiger partial charge in [-0.3, -0.25) is 4.57 Å². The quantitative estimate of drug-likeness (QED) is 0.799. The highest BCUT2D eigenvalue weighted by molar-refractivity contribution is 5.80. The standard InChI is InChI=1S/C15H16N4O2/c1-9-6-7-17-14-13(9)18-15(16)19(14)11-5-4-10(20-2)8-12(11)21-3/h4-8H,1-3H3,(H2,16,18). The van der Waals surface area contributed by atoms with Crippen LogP contribution in [-0.2, 0) is 0 Å². The third-order valence-electron chi connectivity index (χ3n) is 3.40. The number of anilines is 1. The second-order valence-corrected chi connectivity index (χ2v) is 4.64. The van der Waals surface area contributed by atoms with Crippen LogP contribution in [0.5, 0.6) is 11.5 Å². The first-order valence-corrected chi connectivity index (χ1v) is 6.47. The van der Waals surface area contributed by atoms with Gasteiger partial charge in [0.05, 0.1) is 19.9 Å². The number of hydrogen-bond acceptors (Lipinski definition) is 5. The zero-order chi connectivity index (χ0) is 15.0. The molecule has 0 aliphatic carbocycles. The molecule has 1 aromatic carbocycles. The number of ether oxygens (including phenoxy) is 2. The molecule has 0 unspecified atom stereocenters. The van der Waals surface area contributed by atoms with Crippen LogP contribution in [0.15, 0.2) is 30.5 Å². The van der Waals surface area contributed by atoms with E-state index < -0.39 is 0 Å². The van der Waals surface area contributed by atoms with Crippen LogP contribution in [0.4, 0.5) is 5.95 Å². The lowest BCUT2D eigenvalue weighted by molar-refractivity contribution is 0.393. The molecule has 0 spiro atoms. The number of fused-ring (bicyclic) bond motifs is 1.